The first-order chi connectivity index (χ1) is 8.01. The second-order valence-electron chi connectivity index (χ2n) is 4.30. The van der Waals surface area contributed by atoms with Crippen LogP contribution in [0.3, 0.4) is 0 Å². The smallest absolute Gasteiger partial charge is 0.244 e. The van der Waals surface area contributed by atoms with Gasteiger partial charge in [-0.2, -0.15) is 4.31 Å². The summed E-state index contributed by atoms with van der Waals surface area (Å²) in [4.78, 5) is 3.53. The van der Waals surface area contributed by atoms with E-state index >= 15 is 0 Å². The van der Waals surface area contributed by atoms with Gasteiger partial charge in [0.2, 0.25) is 10.0 Å². The average Bonchev–Trinajstić information content (AvgIpc) is 2.29. The highest BCUT2D eigenvalue weighted by Gasteiger charge is 2.31. The standard InChI is InChI=1S/C11H15FN2O2S/c1-9-4-2-3-5-14(9)17(15,16)11-6-10(12)7-13-8-11/h6-9H,2-5H2,1H3/t9-/m0/s1. The second-order valence-corrected chi connectivity index (χ2v) is 6.19. The molecule has 0 N–H and O–H groups in total. The zero-order chi connectivity index (χ0) is 12.5. The summed E-state index contributed by atoms with van der Waals surface area (Å²) in [5, 5.41) is 0. The zero-order valence-corrected chi connectivity index (χ0v) is 10.5. The number of aromatic nitrogens is 1. The van der Waals surface area contributed by atoms with Crippen molar-refractivity contribution in [3.8, 4) is 0 Å². The summed E-state index contributed by atoms with van der Waals surface area (Å²) in [6.45, 7) is 2.38. The van der Waals surface area contributed by atoms with Gasteiger partial charge in [0.15, 0.2) is 0 Å². The van der Waals surface area contributed by atoms with Crippen molar-refractivity contribution >= 4 is 10.0 Å². The van der Waals surface area contributed by atoms with Crippen LogP contribution in [0.2, 0.25) is 0 Å². The molecule has 1 saturated heterocycles. The van der Waals surface area contributed by atoms with Crippen molar-refractivity contribution in [3.05, 3.63) is 24.3 Å². The number of nitrogens with zero attached hydrogens (tertiary/aromatic N) is 2. The number of halogens is 1. The van der Waals surface area contributed by atoms with E-state index in [0.717, 1.165) is 31.5 Å². The van der Waals surface area contributed by atoms with Crippen LogP contribution >= 0.6 is 0 Å². The molecule has 1 aliphatic rings. The molecule has 0 saturated carbocycles. The Balaban J connectivity index is 2.35. The van der Waals surface area contributed by atoms with Gasteiger partial charge in [-0.25, -0.2) is 12.8 Å². The first kappa shape index (κ1) is 12.4. The minimum Gasteiger partial charge on any atom is -0.260 e. The van der Waals surface area contributed by atoms with Crippen LogP contribution in [-0.4, -0.2) is 30.3 Å². The van der Waals surface area contributed by atoms with Gasteiger partial charge >= 0.3 is 0 Å². The highest BCUT2D eigenvalue weighted by Crippen LogP contribution is 2.24. The van der Waals surface area contributed by atoms with Crippen LogP contribution in [0.15, 0.2) is 23.4 Å². The van der Waals surface area contributed by atoms with Crippen LogP contribution in [0.25, 0.3) is 0 Å². The molecule has 1 aromatic heterocycles. The quantitative estimate of drug-likeness (QED) is 0.812. The summed E-state index contributed by atoms with van der Waals surface area (Å²) in [5.74, 6) is -0.629. The van der Waals surface area contributed by atoms with Crippen molar-refractivity contribution in [2.45, 2.75) is 37.1 Å². The maximum atomic E-state index is 13.0. The van der Waals surface area contributed by atoms with Gasteiger partial charge in [0.25, 0.3) is 0 Å². The Bertz CT molecular complexity index is 504. The first-order valence-electron chi connectivity index (χ1n) is 5.64. The fraction of sp³-hybridized carbons (Fsp3) is 0.545. The van der Waals surface area contributed by atoms with Crippen LogP contribution in [0, 0.1) is 5.82 Å². The lowest BCUT2D eigenvalue weighted by Crippen LogP contribution is -2.41. The average molecular weight is 258 g/mol. The molecule has 0 spiro atoms. The molecule has 94 valence electrons. The predicted molar refractivity (Wildman–Crippen MR) is 61.4 cm³/mol. The zero-order valence-electron chi connectivity index (χ0n) is 9.63. The molecular formula is C11H15FN2O2S. The van der Waals surface area contributed by atoms with Crippen molar-refractivity contribution in [1.29, 1.82) is 0 Å². The monoisotopic (exact) mass is 258 g/mol. The SMILES string of the molecule is C[C@H]1CCCCN1S(=O)(=O)c1cncc(F)c1. The molecule has 1 fully saturated rings. The van der Waals surface area contributed by atoms with Crippen molar-refractivity contribution in [3.63, 3.8) is 0 Å². The maximum absolute atomic E-state index is 13.0. The summed E-state index contributed by atoms with van der Waals surface area (Å²) in [5.41, 5.74) is 0. The van der Waals surface area contributed by atoms with E-state index in [1.807, 2.05) is 6.92 Å². The highest BCUT2D eigenvalue weighted by molar-refractivity contribution is 7.89. The van der Waals surface area contributed by atoms with E-state index in [0.29, 0.717) is 6.54 Å². The number of sulfonamides is 1. The molecule has 0 radical (unpaired) electrons. The van der Waals surface area contributed by atoms with Gasteiger partial charge < -0.3 is 0 Å². The van der Waals surface area contributed by atoms with E-state index in [9.17, 15) is 12.8 Å². The molecule has 1 atom stereocenters. The van der Waals surface area contributed by atoms with E-state index in [2.05, 4.69) is 4.98 Å². The number of hydrogen-bond donors (Lipinski definition) is 0. The van der Waals surface area contributed by atoms with Crippen LogP contribution < -0.4 is 0 Å². The third-order valence-corrected chi connectivity index (χ3v) is 5.01. The largest absolute Gasteiger partial charge is 0.260 e. The Hall–Kier alpha value is -1.01. The molecular weight excluding hydrogens is 243 g/mol. The Morgan fingerprint density at radius 1 is 1.41 bits per heavy atom. The number of hydrogen-bond acceptors (Lipinski definition) is 3. The van der Waals surface area contributed by atoms with Crippen molar-refractivity contribution in [1.82, 2.24) is 9.29 Å². The van der Waals surface area contributed by atoms with Gasteiger partial charge in [-0.15, -0.1) is 0 Å². The second kappa shape index (κ2) is 4.70. The van der Waals surface area contributed by atoms with Crippen LogP contribution in [0.5, 0.6) is 0 Å². The number of pyridine rings is 1. The predicted octanol–water partition coefficient (Wildman–Crippen LogP) is 1.78. The lowest BCUT2D eigenvalue weighted by atomic mass is 10.1. The number of piperidine rings is 1. The minimum atomic E-state index is -3.60. The Morgan fingerprint density at radius 3 is 2.82 bits per heavy atom. The van der Waals surface area contributed by atoms with Crippen molar-refractivity contribution in [2.24, 2.45) is 0 Å². The van der Waals surface area contributed by atoms with E-state index in [-0.39, 0.29) is 10.9 Å². The van der Waals surface area contributed by atoms with Gasteiger partial charge in [-0.1, -0.05) is 6.42 Å². The van der Waals surface area contributed by atoms with Gasteiger partial charge in [0.05, 0.1) is 6.20 Å². The van der Waals surface area contributed by atoms with Gasteiger partial charge in [-0.3, -0.25) is 4.98 Å². The maximum Gasteiger partial charge on any atom is 0.244 e. The molecule has 2 rings (SSSR count). The Kier molecular flexibility index (Phi) is 3.44. The van der Waals surface area contributed by atoms with E-state index in [1.54, 1.807) is 0 Å². The topological polar surface area (TPSA) is 50.3 Å². The third kappa shape index (κ3) is 2.47. The molecule has 2 heterocycles. The first-order valence-corrected chi connectivity index (χ1v) is 7.08. The van der Waals surface area contributed by atoms with Crippen molar-refractivity contribution in [2.75, 3.05) is 6.54 Å². The van der Waals surface area contributed by atoms with E-state index < -0.39 is 15.8 Å². The Morgan fingerprint density at radius 2 is 2.18 bits per heavy atom. The van der Waals surface area contributed by atoms with Crippen LogP contribution in [-0.2, 0) is 10.0 Å². The van der Waals surface area contributed by atoms with Crippen LogP contribution in [0.1, 0.15) is 26.2 Å². The highest BCUT2D eigenvalue weighted by atomic mass is 32.2. The lowest BCUT2D eigenvalue weighted by molar-refractivity contribution is 0.268. The fourth-order valence-corrected chi connectivity index (χ4v) is 3.77. The summed E-state index contributed by atoms with van der Waals surface area (Å²) < 4.78 is 39.0. The molecule has 0 bridgehead atoms. The summed E-state index contributed by atoms with van der Waals surface area (Å²) in [6, 6.07) is 0.987. The van der Waals surface area contributed by atoms with Gasteiger partial charge in [0.1, 0.15) is 10.7 Å². The molecule has 0 aliphatic carbocycles. The third-order valence-electron chi connectivity index (χ3n) is 3.03. The molecule has 17 heavy (non-hydrogen) atoms. The van der Waals surface area contributed by atoms with E-state index in [1.165, 1.54) is 10.5 Å². The minimum absolute atomic E-state index is 0.0305. The Labute approximate surface area is 101 Å². The summed E-state index contributed by atoms with van der Waals surface area (Å²) in [7, 11) is -3.60. The molecule has 6 heteroatoms. The number of rotatable bonds is 2. The molecule has 1 aliphatic heterocycles. The molecule has 4 nitrogen and oxygen atoms in total. The van der Waals surface area contributed by atoms with Crippen LogP contribution in [0.4, 0.5) is 4.39 Å². The molecule has 0 amide bonds. The molecule has 1 aromatic rings. The summed E-state index contributed by atoms with van der Waals surface area (Å²) >= 11 is 0. The summed E-state index contributed by atoms with van der Waals surface area (Å²) in [6.07, 6.45) is 4.93. The fourth-order valence-electron chi connectivity index (χ4n) is 2.10. The van der Waals surface area contributed by atoms with E-state index in [4.69, 9.17) is 0 Å². The van der Waals surface area contributed by atoms with Crippen molar-refractivity contribution < 1.29 is 12.8 Å². The molecule has 0 unspecified atom stereocenters. The lowest BCUT2D eigenvalue weighted by Gasteiger charge is -2.32. The van der Waals surface area contributed by atoms with Gasteiger partial charge in [0, 0.05) is 18.8 Å². The normalized spacial score (nSPS) is 22.6. The molecule has 0 aromatic carbocycles. The van der Waals surface area contributed by atoms with Gasteiger partial charge in [-0.05, 0) is 25.8 Å².